The molecule has 0 aliphatic rings. The number of hydrogen-bond acceptors (Lipinski definition) is 3. The van der Waals surface area contributed by atoms with Crippen LogP contribution >= 0.6 is 11.6 Å². The van der Waals surface area contributed by atoms with E-state index in [1.54, 1.807) is 26.2 Å². The molecule has 0 aliphatic heterocycles. The Morgan fingerprint density at radius 1 is 1.53 bits per heavy atom. The zero-order valence-corrected chi connectivity index (χ0v) is 10.5. The largest absolute Gasteiger partial charge is 0.491 e. The maximum Gasteiger partial charge on any atom is 0.225 e. The average Bonchev–Trinajstić information content (AvgIpc) is 2.30. The van der Waals surface area contributed by atoms with Crippen molar-refractivity contribution in [2.75, 3.05) is 20.7 Å². The summed E-state index contributed by atoms with van der Waals surface area (Å²) in [6, 6.07) is 6.76. The van der Waals surface area contributed by atoms with Crippen molar-refractivity contribution in [1.29, 1.82) is 5.26 Å². The Bertz CT molecular complexity index is 452. The lowest BCUT2D eigenvalue weighted by Gasteiger charge is -2.11. The second-order valence-electron chi connectivity index (χ2n) is 3.64. The molecule has 1 amide bonds. The minimum atomic E-state index is -0.00484. The van der Waals surface area contributed by atoms with Crippen LogP contribution in [0.4, 0.5) is 0 Å². The molecule has 1 rings (SSSR count). The van der Waals surface area contributed by atoms with Crippen molar-refractivity contribution in [1.82, 2.24) is 4.90 Å². The van der Waals surface area contributed by atoms with Crippen LogP contribution in [-0.2, 0) is 4.79 Å². The van der Waals surface area contributed by atoms with Gasteiger partial charge in [0.1, 0.15) is 5.75 Å². The van der Waals surface area contributed by atoms with Crippen molar-refractivity contribution in [2.45, 2.75) is 6.42 Å². The van der Waals surface area contributed by atoms with Crippen LogP contribution in [0.1, 0.15) is 12.0 Å². The van der Waals surface area contributed by atoms with Crippen LogP contribution in [0.15, 0.2) is 18.2 Å². The highest BCUT2D eigenvalue weighted by Gasteiger charge is 2.06. The van der Waals surface area contributed by atoms with Gasteiger partial charge >= 0.3 is 0 Å². The van der Waals surface area contributed by atoms with E-state index in [4.69, 9.17) is 21.6 Å². The Morgan fingerprint density at radius 2 is 2.24 bits per heavy atom. The van der Waals surface area contributed by atoms with Crippen molar-refractivity contribution in [3.05, 3.63) is 28.8 Å². The van der Waals surface area contributed by atoms with Crippen LogP contribution in [0.2, 0.25) is 5.02 Å². The van der Waals surface area contributed by atoms with E-state index in [1.807, 2.05) is 6.07 Å². The van der Waals surface area contributed by atoms with E-state index in [9.17, 15) is 4.79 Å². The van der Waals surface area contributed by atoms with Gasteiger partial charge in [0.15, 0.2) is 0 Å². The van der Waals surface area contributed by atoms with Crippen LogP contribution in [0.25, 0.3) is 0 Å². The number of rotatable bonds is 4. The first-order valence-electron chi connectivity index (χ1n) is 5.07. The van der Waals surface area contributed by atoms with Gasteiger partial charge in [-0.1, -0.05) is 11.6 Å². The summed E-state index contributed by atoms with van der Waals surface area (Å²) in [6.45, 7) is 0.267. The Kier molecular flexibility index (Phi) is 4.80. The van der Waals surface area contributed by atoms with Crippen molar-refractivity contribution in [2.24, 2.45) is 0 Å². The summed E-state index contributed by atoms with van der Waals surface area (Å²) in [5, 5.41) is 9.04. The van der Waals surface area contributed by atoms with Gasteiger partial charge in [-0.05, 0) is 18.2 Å². The van der Waals surface area contributed by atoms with E-state index in [0.29, 0.717) is 22.8 Å². The molecule has 0 unspecified atom stereocenters. The molecular formula is C12H13ClN2O2. The number of benzene rings is 1. The number of nitrogens with zero attached hydrogens (tertiary/aromatic N) is 2. The van der Waals surface area contributed by atoms with Gasteiger partial charge < -0.3 is 9.64 Å². The van der Waals surface area contributed by atoms with Gasteiger partial charge in [-0.3, -0.25) is 4.79 Å². The molecule has 5 heteroatoms. The van der Waals surface area contributed by atoms with Crippen LogP contribution in [0.5, 0.6) is 5.75 Å². The number of nitriles is 1. The molecule has 0 heterocycles. The summed E-state index contributed by atoms with van der Waals surface area (Å²) in [7, 11) is 3.38. The zero-order chi connectivity index (χ0) is 12.8. The van der Waals surface area contributed by atoms with E-state index in [0.717, 1.165) is 0 Å². The zero-order valence-electron chi connectivity index (χ0n) is 9.74. The predicted octanol–water partition coefficient (Wildman–Crippen LogP) is 2.07. The standard InChI is InChI=1S/C12H13ClN2O2/c1-15(2)12(16)5-6-17-11-4-3-9(8-14)7-10(11)13/h3-4,7H,5-6H2,1-2H3. The summed E-state index contributed by atoms with van der Waals surface area (Å²) < 4.78 is 5.37. The third kappa shape index (κ3) is 3.97. The van der Waals surface area contributed by atoms with E-state index < -0.39 is 0 Å². The highest BCUT2D eigenvalue weighted by molar-refractivity contribution is 6.32. The Balaban J connectivity index is 2.53. The minimum absolute atomic E-state index is 0.00484. The smallest absolute Gasteiger partial charge is 0.225 e. The molecule has 0 spiro atoms. The van der Waals surface area contributed by atoms with Gasteiger partial charge in [-0.15, -0.1) is 0 Å². The van der Waals surface area contributed by atoms with Gasteiger partial charge in [-0.2, -0.15) is 5.26 Å². The first kappa shape index (κ1) is 13.3. The lowest BCUT2D eigenvalue weighted by Crippen LogP contribution is -2.23. The van der Waals surface area contributed by atoms with Crippen molar-refractivity contribution in [3.63, 3.8) is 0 Å². The van der Waals surface area contributed by atoms with Crippen LogP contribution in [0, 0.1) is 11.3 Å². The SMILES string of the molecule is CN(C)C(=O)CCOc1ccc(C#N)cc1Cl. The van der Waals surface area contributed by atoms with Gasteiger partial charge in [0.05, 0.1) is 29.7 Å². The number of amides is 1. The van der Waals surface area contributed by atoms with E-state index in [1.165, 1.54) is 11.0 Å². The van der Waals surface area contributed by atoms with Crippen LogP contribution < -0.4 is 4.74 Å². The molecule has 90 valence electrons. The minimum Gasteiger partial charge on any atom is -0.491 e. The van der Waals surface area contributed by atoms with Crippen molar-refractivity contribution < 1.29 is 9.53 Å². The number of ether oxygens (including phenoxy) is 1. The molecule has 0 aliphatic carbocycles. The molecule has 1 aromatic rings. The monoisotopic (exact) mass is 252 g/mol. The highest BCUT2D eigenvalue weighted by atomic mass is 35.5. The fraction of sp³-hybridized carbons (Fsp3) is 0.333. The van der Waals surface area contributed by atoms with Crippen molar-refractivity contribution in [3.8, 4) is 11.8 Å². The molecule has 0 aromatic heterocycles. The number of carbonyl (C=O) groups excluding carboxylic acids is 1. The Morgan fingerprint density at radius 3 is 2.76 bits per heavy atom. The summed E-state index contributed by atoms with van der Waals surface area (Å²) in [5.74, 6) is 0.479. The van der Waals surface area contributed by atoms with Crippen molar-refractivity contribution >= 4 is 17.5 Å². The maximum atomic E-state index is 11.3. The second-order valence-corrected chi connectivity index (χ2v) is 4.05. The lowest BCUT2D eigenvalue weighted by molar-refractivity contribution is -0.129. The van der Waals surface area contributed by atoms with Gasteiger partial charge in [0.2, 0.25) is 5.91 Å². The van der Waals surface area contributed by atoms with E-state index >= 15 is 0 Å². The summed E-state index contributed by atoms with van der Waals surface area (Å²) in [4.78, 5) is 12.8. The predicted molar refractivity (Wildman–Crippen MR) is 65.0 cm³/mol. The summed E-state index contributed by atoms with van der Waals surface area (Å²) in [5.41, 5.74) is 0.478. The molecule has 0 saturated carbocycles. The average molecular weight is 253 g/mol. The molecule has 0 saturated heterocycles. The molecular weight excluding hydrogens is 240 g/mol. The molecule has 0 N–H and O–H groups in total. The number of carbonyl (C=O) groups is 1. The molecule has 1 aromatic carbocycles. The van der Waals surface area contributed by atoms with E-state index in [-0.39, 0.29) is 12.5 Å². The Labute approximate surface area is 105 Å². The Hall–Kier alpha value is -1.73. The third-order valence-electron chi connectivity index (χ3n) is 2.13. The molecule has 4 nitrogen and oxygen atoms in total. The summed E-state index contributed by atoms with van der Waals surface area (Å²) >= 11 is 5.91. The molecule has 0 radical (unpaired) electrons. The third-order valence-corrected chi connectivity index (χ3v) is 2.43. The molecule has 17 heavy (non-hydrogen) atoms. The molecule has 0 fully saturated rings. The van der Waals surface area contributed by atoms with Gasteiger partial charge in [0.25, 0.3) is 0 Å². The second kappa shape index (κ2) is 6.12. The first-order chi connectivity index (χ1) is 8.04. The fourth-order valence-electron chi connectivity index (χ4n) is 1.16. The topological polar surface area (TPSA) is 53.3 Å². The molecule has 0 atom stereocenters. The number of halogens is 1. The van der Waals surface area contributed by atoms with E-state index in [2.05, 4.69) is 0 Å². The molecule has 0 bridgehead atoms. The quantitative estimate of drug-likeness (QED) is 0.824. The maximum absolute atomic E-state index is 11.3. The summed E-state index contributed by atoms with van der Waals surface area (Å²) in [6.07, 6.45) is 0.295. The first-order valence-corrected chi connectivity index (χ1v) is 5.45. The van der Waals surface area contributed by atoms with Crippen LogP contribution in [-0.4, -0.2) is 31.5 Å². The lowest BCUT2D eigenvalue weighted by atomic mass is 10.2. The highest BCUT2D eigenvalue weighted by Crippen LogP contribution is 2.25. The fourth-order valence-corrected chi connectivity index (χ4v) is 1.39. The number of hydrogen-bond donors (Lipinski definition) is 0. The van der Waals surface area contributed by atoms with Gasteiger partial charge in [-0.25, -0.2) is 0 Å². The normalized spacial score (nSPS) is 9.53. The van der Waals surface area contributed by atoms with Gasteiger partial charge in [0, 0.05) is 14.1 Å². The van der Waals surface area contributed by atoms with Crippen LogP contribution in [0.3, 0.4) is 0 Å².